The van der Waals surface area contributed by atoms with E-state index in [1.807, 2.05) is 23.8 Å². The van der Waals surface area contributed by atoms with Crippen molar-refractivity contribution in [2.24, 2.45) is 23.2 Å². The molecular formula is C23H30N6O. The third-order valence-electron chi connectivity index (χ3n) is 7.96. The second kappa shape index (κ2) is 6.79. The third-order valence-corrected chi connectivity index (χ3v) is 7.96. The molecule has 7 heteroatoms. The molecule has 0 aromatic carbocycles. The highest BCUT2D eigenvalue weighted by atomic mass is 16.2. The summed E-state index contributed by atoms with van der Waals surface area (Å²) < 4.78 is 1.91. The Bertz CT molecular complexity index is 911. The molecule has 7 nitrogen and oxygen atoms in total. The summed E-state index contributed by atoms with van der Waals surface area (Å²) in [5.74, 6) is 5.42. The number of hydrogen-bond donors (Lipinski definition) is 0. The fraction of sp³-hybridized carbons (Fsp3) is 0.652. The Morgan fingerprint density at radius 1 is 0.967 bits per heavy atom. The number of anilines is 1. The third kappa shape index (κ3) is 3.01. The van der Waals surface area contributed by atoms with Gasteiger partial charge in [-0.3, -0.25) is 9.36 Å². The van der Waals surface area contributed by atoms with Gasteiger partial charge in [-0.1, -0.05) is 0 Å². The zero-order chi connectivity index (χ0) is 20.3. The summed E-state index contributed by atoms with van der Waals surface area (Å²) in [6.07, 6.45) is 13.0. The summed E-state index contributed by atoms with van der Waals surface area (Å²) in [5, 5.41) is 0. The minimum Gasteiger partial charge on any atom is -0.353 e. The first-order valence-corrected chi connectivity index (χ1v) is 11.5. The molecule has 0 spiro atoms. The van der Waals surface area contributed by atoms with Crippen LogP contribution in [0.5, 0.6) is 0 Å². The van der Waals surface area contributed by atoms with Crippen LogP contribution in [-0.4, -0.2) is 56.5 Å². The van der Waals surface area contributed by atoms with E-state index in [1.165, 1.54) is 19.3 Å². The number of imidazole rings is 1. The Kier molecular flexibility index (Phi) is 4.15. The standard InChI is InChI=1S/C23H30N6O/c1-16-25-20(11-21(26-16)29-3-2-24-15-29)27-4-6-28(7-5-27)22(30)23-12-17-8-18(13-23)10-19(9-17)14-23/h2-3,11,15,17-19H,4-10,12-14H2,1H3. The fourth-order valence-electron chi connectivity index (χ4n) is 7.07. The predicted molar refractivity (Wildman–Crippen MR) is 113 cm³/mol. The number of aromatic nitrogens is 4. The van der Waals surface area contributed by atoms with E-state index in [4.69, 9.17) is 0 Å². The van der Waals surface area contributed by atoms with Gasteiger partial charge in [-0.05, 0) is 63.2 Å². The van der Waals surface area contributed by atoms with Gasteiger partial charge in [-0.15, -0.1) is 0 Å². The van der Waals surface area contributed by atoms with Gasteiger partial charge in [0.25, 0.3) is 0 Å². The van der Waals surface area contributed by atoms with Crippen molar-refractivity contribution in [3.63, 3.8) is 0 Å². The van der Waals surface area contributed by atoms with Crippen LogP contribution in [0.1, 0.15) is 44.3 Å². The molecule has 30 heavy (non-hydrogen) atoms. The topological polar surface area (TPSA) is 67.2 Å². The predicted octanol–water partition coefficient (Wildman–Crippen LogP) is 2.84. The van der Waals surface area contributed by atoms with Crippen molar-refractivity contribution >= 4 is 11.7 Å². The van der Waals surface area contributed by atoms with Crippen molar-refractivity contribution in [2.75, 3.05) is 31.1 Å². The second-order valence-corrected chi connectivity index (χ2v) is 10.1. The molecule has 7 rings (SSSR count). The summed E-state index contributed by atoms with van der Waals surface area (Å²) in [6, 6.07) is 2.02. The maximum Gasteiger partial charge on any atom is 0.228 e. The summed E-state index contributed by atoms with van der Waals surface area (Å²) in [7, 11) is 0. The molecular weight excluding hydrogens is 376 g/mol. The maximum absolute atomic E-state index is 13.6. The molecule has 4 bridgehead atoms. The van der Waals surface area contributed by atoms with Gasteiger partial charge in [-0.25, -0.2) is 15.0 Å². The van der Waals surface area contributed by atoms with Crippen LogP contribution >= 0.6 is 0 Å². The molecule has 1 aliphatic heterocycles. The lowest BCUT2D eigenvalue weighted by Crippen LogP contribution is -2.58. The number of amides is 1. The number of nitrogens with zero attached hydrogens (tertiary/aromatic N) is 6. The van der Waals surface area contributed by atoms with E-state index < -0.39 is 0 Å². The molecule has 1 saturated heterocycles. The molecule has 2 aromatic rings. The van der Waals surface area contributed by atoms with E-state index in [-0.39, 0.29) is 5.41 Å². The van der Waals surface area contributed by atoms with E-state index in [0.29, 0.717) is 5.91 Å². The van der Waals surface area contributed by atoms with Crippen LogP contribution in [0, 0.1) is 30.1 Å². The first-order chi connectivity index (χ1) is 14.6. The van der Waals surface area contributed by atoms with Crippen LogP contribution in [0.3, 0.4) is 0 Å². The molecule has 0 N–H and O–H groups in total. The monoisotopic (exact) mass is 406 g/mol. The Balaban J connectivity index is 1.16. The zero-order valence-electron chi connectivity index (χ0n) is 17.7. The Morgan fingerprint density at radius 3 is 2.20 bits per heavy atom. The summed E-state index contributed by atoms with van der Waals surface area (Å²) in [5.41, 5.74) is -0.0307. The Labute approximate surface area is 177 Å². The van der Waals surface area contributed by atoms with Gasteiger partial charge < -0.3 is 9.80 Å². The average Bonchev–Trinajstić information content (AvgIpc) is 3.27. The van der Waals surface area contributed by atoms with Crippen molar-refractivity contribution in [2.45, 2.75) is 45.4 Å². The number of piperazine rings is 1. The molecule has 0 radical (unpaired) electrons. The molecule has 1 amide bonds. The van der Waals surface area contributed by atoms with Gasteiger partial charge in [0.15, 0.2) is 0 Å². The smallest absolute Gasteiger partial charge is 0.228 e. The van der Waals surface area contributed by atoms with E-state index in [9.17, 15) is 4.79 Å². The lowest BCUT2D eigenvalue weighted by molar-refractivity contribution is -0.158. The molecule has 4 aliphatic carbocycles. The summed E-state index contributed by atoms with van der Waals surface area (Å²) in [6.45, 7) is 5.18. The molecule has 5 aliphatic rings. The van der Waals surface area contributed by atoms with E-state index in [2.05, 4.69) is 24.8 Å². The van der Waals surface area contributed by atoms with Crippen LogP contribution in [0.4, 0.5) is 5.82 Å². The minimum atomic E-state index is -0.0307. The molecule has 5 fully saturated rings. The maximum atomic E-state index is 13.6. The number of rotatable bonds is 3. The Hall–Kier alpha value is -2.44. The SMILES string of the molecule is Cc1nc(N2CCN(C(=O)C34CC5CC(CC(C5)C3)C4)CC2)cc(-n2ccnc2)n1. The van der Waals surface area contributed by atoms with Crippen molar-refractivity contribution in [3.05, 3.63) is 30.6 Å². The number of hydrogen-bond acceptors (Lipinski definition) is 5. The van der Waals surface area contributed by atoms with Crippen LogP contribution in [-0.2, 0) is 4.79 Å². The van der Waals surface area contributed by atoms with Crippen molar-refractivity contribution in [3.8, 4) is 5.82 Å². The second-order valence-electron chi connectivity index (χ2n) is 10.1. The van der Waals surface area contributed by atoms with Gasteiger partial charge in [0, 0.05) is 44.6 Å². The largest absolute Gasteiger partial charge is 0.353 e. The van der Waals surface area contributed by atoms with Crippen molar-refractivity contribution < 1.29 is 4.79 Å². The number of carbonyl (C=O) groups is 1. The van der Waals surface area contributed by atoms with Crippen LogP contribution < -0.4 is 4.90 Å². The molecule has 0 atom stereocenters. The highest BCUT2D eigenvalue weighted by molar-refractivity contribution is 5.83. The quantitative estimate of drug-likeness (QED) is 0.784. The van der Waals surface area contributed by atoms with Crippen molar-refractivity contribution in [1.29, 1.82) is 0 Å². The normalized spacial score (nSPS) is 32.6. The van der Waals surface area contributed by atoms with Crippen molar-refractivity contribution in [1.82, 2.24) is 24.4 Å². The molecule has 4 saturated carbocycles. The van der Waals surface area contributed by atoms with E-state index in [0.717, 1.165) is 80.7 Å². The molecule has 158 valence electrons. The summed E-state index contributed by atoms with van der Waals surface area (Å²) >= 11 is 0. The molecule has 0 unspecified atom stereocenters. The molecule has 3 heterocycles. The van der Waals surface area contributed by atoms with E-state index in [1.54, 1.807) is 12.5 Å². The summed E-state index contributed by atoms with van der Waals surface area (Å²) in [4.78, 5) is 31.4. The van der Waals surface area contributed by atoms with Gasteiger partial charge in [-0.2, -0.15) is 0 Å². The molecule has 2 aromatic heterocycles. The lowest BCUT2D eigenvalue weighted by Gasteiger charge is -2.57. The first-order valence-electron chi connectivity index (χ1n) is 11.5. The first kappa shape index (κ1) is 18.3. The van der Waals surface area contributed by atoms with Crippen LogP contribution in [0.2, 0.25) is 0 Å². The van der Waals surface area contributed by atoms with Gasteiger partial charge >= 0.3 is 0 Å². The zero-order valence-corrected chi connectivity index (χ0v) is 17.7. The van der Waals surface area contributed by atoms with Crippen LogP contribution in [0.15, 0.2) is 24.8 Å². The highest BCUT2D eigenvalue weighted by Crippen LogP contribution is 2.60. The number of carbonyl (C=O) groups excluding carboxylic acids is 1. The lowest BCUT2D eigenvalue weighted by atomic mass is 9.49. The Morgan fingerprint density at radius 2 is 1.60 bits per heavy atom. The van der Waals surface area contributed by atoms with Gasteiger partial charge in [0.05, 0.1) is 5.41 Å². The fourth-order valence-corrected chi connectivity index (χ4v) is 7.07. The van der Waals surface area contributed by atoms with Gasteiger partial charge in [0.2, 0.25) is 5.91 Å². The number of aryl methyl sites for hydroxylation is 1. The van der Waals surface area contributed by atoms with Gasteiger partial charge in [0.1, 0.15) is 23.8 Å². The van der Waals surface area contributed by atoms with E-state index >= 15 is 0 Å². The average molecular weight is 407 g/mol. The highest BCUT2D eigenvalue weighted by Gasteiger charge is 2.55. The van der Waals surface area contributed by atoms with Crippen LogP contribution in [0.25, 0.3) is 5.82 Å². The minimum absolute atomic E-state index is 0.0307.